The lowest BCUT2D eigenvalue weighted by Crippen LogP contribution is -2.17. The highest BCUT2D eigenvalue weighted by atomic mass is 16.3. The number of fused-ring (bicyclic) bond motifs is 1. The minimum absolute atomic E-state index is 0.269. The van der Waals surface area contributed by atoms with E-state index in [0.717, 1.165) is 29.7 Å². The summed E-state index contributed by atoms with van der Waals surface area (Å²) >= 11 is 0. The molecule has 2 N–H and O–H groups in total. The van der Waals surface area contributed by atoms with E-state index in [9.17, 15) is 0 Å². The van der Waals surface area contributed by atoms with E-state index in [0.29, 0.717) is 0 Å². The molecule has 1 aromatic heterocycles. The van der Waals surface area contributed by atoms with Crippen molar-refractivity contribution in [1.82, 2.24) is 9.97 Å². The number of anilines is 1. The van der Waals surface area contributed by atoms with Gasteiger partial charge in [0.25, 0.3) is 0 Å². The van der Waals surface area contributed by atoms with E-state index in [-0.39, 0.29) is 12.0 Å². The minimum Gasteiger partial charge on any atom is -0.396 e. The number of rotatable bonds is 5. The number of benzene rings is 1. The van der Waals surface area contributed by atoms with Crippen molar-refractivity contribution in [2.24, 2.45) is 5.41 Å². The zero-order chi connectivity index (χ0) is 13.3. The number of aliphatic hydroxyl groups is 1. The Hall–Kier alpha value is -1.68. The summed E-state index contributed by atoms with van der Waals surface area (Å²) in [7, 11) is 0. The van der Waals surface area contributed by atoms with Crippen molar-refractivity contribution in [2.75, 3.05) is 18.5 Å². The van der Waals surface area contributed by atoms with E-state index in [2.05, 4.69) is 28.3 Å². The molecule has 4 heteroatoms. The van der Waals surface area contributed by atoms with Crippen LogP contribution in [0.15, 0.2) is 24.5 Å². The number of aliphatic hydroxyl groups excluding tert-OH is 1. The van der Waals surface area contributed by atoms with E-state index in [1.54, 1.807) is 6.33 Å². The van der Waals surface area contributed by atoms with Crippen molar-refractivity contribution in [2.45, 2.75) is 26.2 Å². The zero-order valence-corrected chi connectivity index (χ0v) is 11.2. The first-order chi connectivity index (χ1) is 9.24. The minimum atomic E-state index is 0.269. The van der Waals surface area contributed by atoms with Crippen LogP contribution in [0, 0.1) is 12.3 Å². The molecule has 0 saturated heterocycles. The normalized spacial score (nSPS) is 16.5. The fourth-order valence-electron chi connectivity index (χ4n) is 2.62. The topological polar surface area (TPSA) is 58.0 Å². The van der Waals surface area contributed by atoms with Gasteiger partial charge in [-0.3, -0.25) is 0 Å². The molecule has 1 aliphatic carbocycles. The van der Waals surface area contributed by atoms with Crippen LogP contribution < -0.4 is 5.32 Å². The van der Waals surface area contributed by atoms with E-state index < -0.39 is 0 Å². The van der Waals surface area contributed by atoms with Crippen LogP contribution in [0.3, 0.4) is 0 Å². The standard InChI is InChI=1S/C15H19N3O/c1-11-3-2-4-12-13(11)14(18-10-17-12)16-9-15(5-6-15)7-8-19/h2-4,10,19H,5-9H2,1H3,(H,16,17,18). The van der Waals surface area contributed by atoms with Gasteiger partial charge in [-0.2, -0.15) is 0 Å². The zero-order valence-electron chi connectivity index (χ0n) is 11.2. The fraction of sp³-hybridized carbons (Fsp3) is 0.467. The van der Waals surface area contributed by atoms with Crippen molar-refractivity contribution in [3.05, 3.63) is 30.1 Å². The highest BCUT2D eigenvalue weighted by molar-refractivity contribution is 5.91. The van der Waals surface area contributed by atoms with Crippen LogP contribution in [0.5, 0.6) is 0 Å². The van der Waals surface area contributed by atoms with Gasteiger partial charge in [-0.15, -0.1) is 0 Å². The molecular formula is C15H19N3O. The van der Waals surface area contributed by atoms with Crippen molar-refractivity contribution < 1.29 is 5.11 Å². The lowest BCUT2D eigenvalue weighted by molar-refractivity contribution is 0.253. The van der Waals surface area contributed by atoms with Crippen LogP contribution in [0.4, 0.5) is 5.82 Å². The fourth-order valence-corrected chi connectivity index (χ4v) is 2.62. The van der Waals surface area contributed by atoms with Crippen LogP contribution in [-0.4, -0.2) is 28.2 Å². The first kappa shape index (κ1) is 12.4. The second-order valence-corrected chi connectivity index (χ2v) is 5.52. The highest BCUT2D eigenvalue weighted by Crippen LogP contribution is 2.48. The van der Waals surface area contributed by atoms with Crippen LogP contribution in [0.25, 0.3) is 10.9 Å². The summed E-state index contributed by atoms with van der Waals surface area (Å²) < 4.78 is 0. The Kier molecular flexibility index (Phi) is 3.11. The van der Waals surface area contributed by atoms with Gasteiger partial charge in [0, 0.05) is 18.5 Å². The number of hydrogen-bond donors (Lipinski definition) is 2. The third kappa shape index (κ3) is 2.40. The average molecular weight is 257 g/mol. The molecule has 0 amide bonds. The Morgan fingerprint density at radius 2 is 2.16 bits per heavy atom. The third-order valence-electron chi connectivity index (χ3n) is 4.10. The Morgan fingerprint density at radius 3 is 2.89 bits per heavy atom. The molecule has 0 radical (unpaired) electrons. The van der Waals surface area contributed by atoms with Crippen molar-refractivity contribution in [1.29, 1.82) is 0 Å². The van der Waals surface area contributed by atoms with Gasteiger partial charge < -0.3 is 10.4 Å². The third-order valence-corrected chi connectivity index (χ3v) is 4.10. The van der Waals surface area contributed by atoms with Crippen LogP contribution in [-0.2, 0) is 0 Å². The molecule has 0 spiro atoms. The number of aryl methyl sites for hydroxylation is 1. The van der Waals surface area contributed by atoms with Gasteiger partial charge in [0.15, 0.2) is 0 Å². The smallest absolute Gasteiger partial charge is 0.137 e. The molecule has 0 aliphatic heterocycles. The maximum Gasteiger partial charge on any atom is 0.137 e. The van der Waals surface area contributed by atoms with Gasteiger partial charge in [-0.1, -0.05) is 12.1 Å². The summed E-state index contributed by atoms with van der Waals surface area (Å²) in [6.45, 7) is 3.23. The molecule has 1 heterocycles. The molecule has 100 valence electrons. The molecule has 3 rings (SSSR count). The van der Waals surface area contributed by atoms with Gasteiger partial charge in [-0.25, -0.2) is 9.97 Å². The van der Waals surface area contributed by atoms with Gasteiger partial charge in [0.2, 0.25) is 0 Å². The quantitative estimate of drug-likeness (QED) is 0.864. The summed E-state index contributed by atoms with van der Waals surface area (Å²) in [5.41, 5.74) is 2.45. The predicted octanol–water partition coefficient (Wildman–Crippen LogP) is 2.51. The summed E-state index contributed by atoms with van der Waals surface area (Å²) in [5.74, 6) is 0.910. The molecule has 4 nitrogen and oxygen atoms in total. The molecule has 1 fully saturated rings. The average Bonchev–Trinajstić information content (AvgIpc) is 3.17. The van der Waals surface area contributed by atoms with Gasteiger partial charge in [-0.05, 0) is 43.2 Å². The second kappa shape index (κ2) is 4.78. The summed E-state index contributed by atoms with van der Waals surface area (Å²) in [4.78, 5) is 8.68. The van der Waals surface area contributed by atoms with Crippen molar-refractivity contribution in [3.8, 4) is 0 Å². The van der Waals surface area contributed by atoms with E-state index in [1.807, 2.05) is 12.1 Å². The van der Waals surface area contributed by atoms with E-state index >= 15 is 0 Å². The van der Waals surface area contributed by atoms with E-state index in [4.69, 9.17) is 5.11 Å². The Bertz CT molecular complexity index is 588. The SMILES string of the molecule is Cc1cccc2ncnc(NCC3(CCO)CC3)c12. The maximum atomic E-state index is 9.10. The second-order valence-electron chi connectivity index (χ2n) is 5.52. The van der Waals surface area contributed by atoms with Crippen LogP contribution in [0.1, 0.15) is 24.8 Å². The van der Waals surface area contributed by atoms with Crippen LogP contribution >= 0.6 is 0 Å². The summed E-state index contributed by atoms with van der Waals surface area (Å²) in [6, 6.07) is 6.11. The molecule has 0 unspecified atom stereocenters. The number of aromatic nitrogens is 2. The monoisotopic (exact) mass is 257 g/mol. The van der Waals surface area contributed by atoms with Gasteiger partial charge in [0.05, 0.1) is 5.52 Å². The van der Waals surface area contributed by atoms with Gasteiger partial charge >= 0.3 is 0 Å². The molecular weight excluding hydrogens is 238 g/mol. The maximum absolute atomic E-state index is 9.10. The Labute approximate surface area is 112 Å². The first-order valence-corrected chi connectivity index (χ1v) is 6.79. The van der Waals surface area contributed by atoms with Gasteiger partial charge in [0.1, 0.15) is 12.1 Å². The van der Waals surface area contributed by atoms with E-state index in [1.165, 1.54) is 18.4 Å². The summed E-state index contributed by atoms with van der Waals surface area (Å²) in [5, 5.41) is 13.7. The first-order valence-electron chi connectivity index (χ1n) is 6.79. The summed E-state index contributed by atoms with van der Waals surface area (Å²) in [6.07, 6.45) is 4.88. The molecule has 1 aromatic carbocycles. The molecule has 1 aliphatic rings. The number of nitrogens with one attached hydrogen (secondary N) is 1. The van der Waals surface area contributed by atoms with Crippen molar-refractivity contribution in [3.63, 3.8) is 0 Å². The predicted molar refractivity (Wildman–Crippen MR) is 76.1 cm³/mol. The Balaban J connectivity index is 1.85. The largest absolute Gasteiger partial charge is 0.396 e. The Morgan fingerprint density at radius 1 is 1.32 bits per heavy atom. The lowest BCUT2D eigenvalue weighted by Gasteiger charge is -2.16. The highest BCUT2D eigenvalue weighted by Gasteiger charge is 2.41. The molecule has 19 heavy (non-hydrogen) atoms. The molecule has 2 aromatic rings. The van der Waals surface area contributed by atoms with Crippen molar-refractivity contribution >= 4 is 16.7 Å². The van der Waals surface area contributed by atoms with Crippen LogP contribution in [0.2, 0.25) is 0 Å². The number of hydrogen-bond acceptors (Lipinski definition) is 4. The molecule has 1 saturated carbocycles. The number of nitrogens with zero attached hydrogens (tertiary/aromatic N) is 2. The lowest BCUT2D eigenvalue weighted by atomic mass is 10.0. The molecule has 0 bridgehead atoms. The molecule has 0 atom stereocenters.